The molecule has 4 rings (SSSR count). The molecule has 3 aromatic rings. The molecule has 2 aromatic carbocycles. The van der Waals surface area contributed by atoms with Crippen molar-refractivity contribution >= 4 is 5.97 Å². The van der Waals surface area contributed by atoms with Crippen molar-refractivity contribution in [3.63, 3.8) is 0 Å². The molecule has 0 spiro atoms. The molecular weight excluding hydrogens is 320 g/mol. The molecule has 5 nitrogen and oxygen atoms in total. The van der Waals surface area contributed by atoms with Crippen LogP contribution in [0.2, 0.25) is 0 Å². The summed E-state index contributed by atoms with van der Waals surface area (Å²) in [5, 5.41) is 0. The second-order valence-electron chi connectivity index (χ2n) is 5.65. The standard InChI is InChI=1S/C20H14O5/c1-12(21)23-20-16-11-15(13-7-3-2-4-8-13)19(22)25-18(16)14-9-5-6-10-17(14)24-20/h2-11,20H,1H3. The Morgan fingerprint density at radius 1 is 1.00 bits per heavy atom. The fourth-order valence-electron chi connectivity index (χ4n) is 2.87. The summed E-state index contributed by atoms with van der Waals surface area (Å²) < 4.78 is 16.7. The van der Waals surface area contributed by atoms with Gasteiger partial charge in [-0.2, -0.15) is 0 Å². The maximum atomic E-state index is 12.5. The van der Waals surface area contributed by atoms with Gasteiger partial charge in [-0.05, 0) is 23.8 Å². The first-order valence-electron chi connectivity index (χ1n) is 7.80. The lowest BCUT2D eigenvalue weighted by Crippen LogP contribution is -2.21. The molecule has 1 atom stereocenters. The van der Waals surface area contributed by atoms with E-state index in [2.05, 4.69) is 0 Å². The van der Waals surface area contributed by atoms with Crippen LogP contribution in [-0.4, -0.2) is 5.97 Å². The van der Waals surface area contributed by atoms with Crippen LogP contribution >= 0.6 is 0 Å². The summed E-state index contributed by atoms with van der Waals surface area (Å²) in [5.41, 5.74) is 1.81. The number of para-hydroxylation sites is 1. The van der Waals surface area contributed by atoms with Gasteiger partial charge in [-0.1, -0.05) is 42.5 Å². The monoisotopic (exact) mass is 334 g/mol. The zero-order valence-corrected chi connectivity index (χ0v) is 13.4. The molecular formula is C20H14O5. The molecule has 124 valence electrons. The molecule has 0 saturated heterocycles. The van der Waals surface area contributed by atoms with Crippen LogP contribution in [0.1, 0.15) is 18.8 Å². The molecule has 0 aliphatic carbocycles. The van der Waals surface area contributed by atoms with E-state index in [0.29, 0.717) is 28.2 Å². The molecule has 0 N–H and O–H groups in total. The largest absolute Gasteiger partial charge is 0.450 e. The van der Waals surface area contributed by atoms with E-state index >= 15 is 0 Å². The highest BCUT2D eigenvalue weighted by Crippen LogP contribution is 2.43. The SMILES string of the molecule is CC(=O)OC1Oc2ccccc2-c2oc(=O)c(-c3ccccc3)cc21. The maximum absolute atomic E-state index is 12.5. The summed E-state index contributed by atoms with van der Waals surface area (Å²) in [6.07, 6.45) is -0.964. The number of rotatable bonds is 2. The van der Waals surface area contributed by atoms with E-state index in [0.717, 1.165) is 5.56 Å². The summed E-state index contributed by atoms with van der Waals surface area (Å²) in [6.45, 7) is 1.31. The summed E-state index contributed by atoms with van der Waals surface area (Å²) in [5.74, 6) is 0.373. The van der Waals surface area contributed by atoms with Crippen LogP contribution < -0.4 is 10.4 Å². The van der Waals surface area contributed by atoms with Gasteiger partial charge in [0.15, 0.2) is 5.76 Å². The van der Waals surface area contributed by atoms with Gasteiger partial charge < -0.3 is 13.9 Å². The third-order valence-corrected chi connectivity index (χ3v) is 3.95. The van der Waals surface area contributed by atoms with Crippen LogP contribution in [-0.2, 0) is 9.53 Å². The van der Waals surface area contributed by atoms with Gasteiger partial charge in [-0.3, -0.25) is 4.79 Å². The molecule has 5 heteroatoms. The highest BCUT2D eigenvalue weighted by molar-refractivity contribution is 5.75. The van der Waals surface area contributed by atoms with Crippen molar-refractivity contribution in [2.75, 3.05) is 0 Å². The Morgan fingerprint density at radius 3 is 2.48 bits per heavy atom. The number of ether oxygens (including phenoxy) is 2. The van der Waals surface area contributed by atoms with Gasteiger partial charge in [0, 0.05) is 6.92 Å². The van der Waals surface area contributed by atoms with E-state index in [4.69, 9.17) is 13.9 Å². The first kappa shape index (κ1) is 15.2. The lowest BCUT2D eigenvalue weighted by molar-refractivity contribution is -0.162. The quantitative estimate of drug-likeness (QED) is 0.664. The summed E-state index contributed by atoms with van der Waals surface area (Å²) >= 11 is 0. The lowest BCUT2D eigenvalue weighted by atomic mass is 9.99. The Kier molecular flexibility index (Phi) is 3.61. The predicted octanol–water partition coefficient (Wildman–Crippen LogP) is 3.93. The highest BCUT2D eigenvalue weighted by Gasteiger charge is 2.31. The van der Waals surface area contributed by atoms with E-state index in [-0.39, 0.29) is 0 Å². The van der Waals surface area contributed by atoms with Crippen molar-refractivity contribution in [3.05, 3.63) is 76.6 Å². The molecule has 0 amide bonds. The summed E-state index contributed by atoms with van der Waals surface area (Å²) in [6, 6.07) is 18.0. The van der Waals surface area contributed by atoms with Crippen molar-refractivity contribution in [2.45, 2.75) is 13.2 Å². The summed E-state index contributed by atoms with van der Waals surface area (Å²) in [4.78, 5) is 24.0. The number of esters is 1. The van der Waals surface area contributed by atoms with Gasteiger partial charge >= 0.3 is 11.6 Å². The number of carbonyl (C=O) groups is 1. The topological polar surface area (TPSA) is 65.7 Å². The minimum atomic E-state index is -0.964. The van der Waals surface area contributed by atoms with Crippen LogP contribution in [0.3, 0.4) is 0 Å². The van der Waals surface area contributed by atoms with Gasteiger partial charge in [0.05, 0.1) is 16.7 Å². The van der Waals surface area contributed by atoms with Crippen molar-refractivity contribution < 1.29 is 18.7 Å². The van der Waals surface area contributed by atoms with E-state index in [1.54, 1.807) is 24.3 Å². The second-order valence-corrected chi connectivity index (χ2v) is 5.65. The zero-order valence-electron chi connectivity index (χ0n) is 13.4. The van der Waals surface area contributed by atoms with E-state index < -0.39 is 17.9 Å². The van der Waals surface area contributed by atoms with Crippen LogP contribution in [0.5, 0.6) is 5.75 Å². The van der Waals surface area contributed by atoms with Gasteiger partial charge in [0.25, 0.3) is 6.29 Å². The Bertz CT molecular complexity index is 1000. The van der Waals surface area contributed by atoms with Crippen LogP contribution in [0, 0.1) is 0 Å². The Morgan fingerprint density at radius 2 is 1.72 bits per heavy atom. The van der Waals surface area contributed by atoms with E-state index in [1.807, 2.05) is 36.4 Å². The molecule has 0 saturated carbocycles. The van der Waals surface area contributed by atoms with Crippen LogP contribution in [0.15, 0.2) is 69.9 Å². The maximum Gasteiger partial charge on any atom is 0.344 e. The lowest BCUT2D eigenvalue weighted by Gasteiger charge is -2.26. The molecule has 0 bridgehead atoms. The molecule has 1 aliphatic heterocycles. The Labute approximate surface area is 143 Å². The molecule has 0 radical (unpaired) electrons. The molecule has 1 aromatic heterocycles. The van der Waals surface area contributed by atoms with E-state index in [9.17, 15) is 9.59 Å². The fraction of sp³-hybridized carbons (Fsp3) is 0.100. The number of benzene rings is 2. The van der Waals surface area contributed by atoms with Crippen molar-refractivity contribution in [1.82, 2.24) is 0 Å². The Hall–Kier alpha value is -3.34. The fourth-order valence-corrected chi connectivity index (χ4v) is 2.87. The normalized spacial score (nSPS) is 14.8. The molecule has 1 unspecified atom stereocenters. The predicted molar refractivity (Wildman–Crippen MR) is 91.0 cm³/mol. The van der Waals surface area contributed by atoms with Crippen molar-refractivity contribution in [1.29, 1.82) is 0 Å². The van der Waals surface area contributed by atoms with Gasteiger partial charge in [0.1, 0.15) is 5.75 Å². The molecule has 25 heavy (non-hydrogen) atoms. The van der Waals surface area contributed by atoms with Crippen molar-refractivity contribution in [2.24, 2.45) is 0 Å². The second kappa shape index (κ2) is 5.94. The van der Waals surface area contributed by atoms with E-state index in [1.165, 1.54) is 6.92 Å². The zero-order chi connectivity index (χ0) is 17.4. The molecule has 1 aliphatic rings. The minimum absolute atomic E-state index is 0.359. The van der Waals surface area contributed by atoms with Gasteiger partial charge in [-0.15, -0.1) is 0 Å². The average Bonchev–Trinajstić information content (AvgIpc) is 2.61. The number of hydrogen-bond donors (Lipinski definition) is 0. The van der Waals surface area contributed by atoms with Crippen molar-refractivity contribution in [3.8, 4) is 28.2 Å². The first-order valence-corrected chi connectivity index (χ1v) is 7.80. The third-order valence-electron chi connectivity index (χ3n) is 3.95. The van der Waals surface area contributed by atoms with Gasteiger partial charge in [0.2, 0.25) is 0 Å². The van der Waals surface area contributed by atoms with Gasteiger partial charge in [-0.25, -0.2) is 4.79 Å². The highest BCUT2D eigenvalue weighted by atomic mass is 16.7. The smallest absolute Gasteiger partial charge is 0.344 e. The number of carbonyl (C=O) groups excluding carboxylic acids is 1. The number of hydrogen-bond acceptors (Lipinski definition) is 5. The number of fused-ring (bicyclic) bond motifs is 3. The average molecular weight is 334 g/mol. The van der Waals surface area contributed by atoms with Crippen LogP contribution in [0.4, 0.5) is 0 Å². The Balaban J connectivity index is 1.94. The first-order chi connectivity index (χ1) is 12.1. The van der Waals surface area contributed by atoms with Crippen LogP contribution in [0.25, 0.3) is 22.5 Å². The minimum Gasteiger partial charge on any atom is -0.450 e. The third kappa shape index (κ3) is 2.70. The molecule has 0 fully saturated rings. The summed E-state index contributed by atoms with van der Waals surface area (Å²) in [7, 11) is 0. The molecule has 2 heterocycles.